The molecule has 2 aromatic carbocycles. The summed E-state index contributed by atoms with van der Waals surface area (Å²) in [5.41, 5.74) is 3.72. The number of amides is 1. The number of hydrogen-bond acceptors (Lipinski definition) is 3. The molecule has 0 unspecified atom stereocenters. The van der Waals surface area contributed by atoms with E-state index in [4.69, 9.17) is 0 Å². The number of carbonyl (C=O) groups excluding carboxylic acids is 1. The molecule has 1 amide bonds. The molecule has 3 rings (SSSR count). The van der Waals surface area contributed by atoms with Crippen LogP contribution in [0.2, 0.25) is 0 Å². The summed E-state index contributed by atoms with van der Waals surface area (Å²) in [6.07, 6.45) is 3.07. The van der Waals surface area contributed by atoms with E-state index in [0.717, 1.165) is 12.1 Å². The fraction of sp³-hybridized carbons (Fsp3) is 0.440. The van der Waals surface area contributed by atoms with Crippen LogP contribution in [0.15, 0.2) is 59.6 Å². The van der Waals surface area contributed by atoms with Crippen molar-refractivity contribution < 1.29 is 4.79 Å². The summed E-state index contributed by atoms with van der Waals surface area (Å²) in [4.78, 5) is 20.9. The molecule has 1 aliphatic heterocycles. The maximum Gasteiger partial charge on any atom is 0.224 e. The van der Waals surface area contributed by atoms with E-state index < -0.39 is 0 Å². The molecule has 1 saturated heterocycles. The highest BCUT2D eigenvalue weighted by Crippen LogP contribution is 2.13. The fourth-order valence-electron chi connectivity index (χ4n) is 3.79. The van der Waals surface area contributed by atoms with Crippen molar-refractivity contribution in [3.63, 3.8) is 0 Å². The summed E-state index contributed by atoms with van der Waals surface area (Å²) in [6, 6.07) is 18.8. The van der Waals surface area contributed by atoms with Gasteiger partial charge in [-0.1, -0.05) is 54.6 Å². The van der Waals surface area contributed by atoms with Gasteiger partial charge in [0.1, 0.15) is 0 Å². The summed E-state index contributed by atoms with van der Waals surface area (Å²) < 4.78 is 0. The number of nitrogens with zero attached hydrogens (tertiary/aromatic N) is 3. The Bertz CT molecular complexity index is 835. The normalized spacial score (nSPS) is 14.0. The Morgan fingerprint density at radius 2 is 1.62 bits per heavy atom. The first kappa shape index (κ1) is 26.1. The summed E-state index contributed by atoms with van der Waals surface area (Å²) in [6.45, 7) is 5.35. The minimum absolute atomic E-state index is 0. The molecule has 174 valence electrons. The van der Waals surface area contributed by atoms with Gasteiger partial charge in [0.25, 0.3) is 0 Å². The molecule has 6 nitrogen and oxygen atoms in total. The van der Waals surface area contributed by atoms with Gasteiger partial charge in [-0.05, 0) is 42.6 Å². The molecule has 2 aromatic rings. The standard InChI is InChI=1S/C25H35N5O.HI/c1-26-25(27-15-14-24(31)29(2)19-22-8-4-3-5-9-22)28-18-21-10-12-23(13-11-21)20-30-16-6-7-17-30;/h3-5,8-13H,6-7,14-20H2,1-2H3,(H2,26,27,28);1H. The molecule has 0 aromatic heterocycles. The molecule has 0 spiro atoms. The number of guanidine groups is 1. The Kier molecular flexibility index (Phi) is 11.5. The van der Waals surface area contributed by atoms with E-state index in [0.29, 0.717) is 32.0 Å². The van der Waals surface area contributed by atoms with Crippen molar-refractivity contribution in [3.8, 4) is 0 Å². The van der Waals surface area contributed by atoms with Crippen molar-refractivity contribution in [2.75, 3.05) is 33.7 Å². The minimum atomic E-state index is 0. The van der Waals surface area contributed by atoms with Crippen LogP contribution in [-0.2, 0) is 24.4 Å². The third-order valence-corrected chi connectivity index (χ3v) is 5.63. The predicted molar refractivity (Wildman–Crippen MR) is 142 cm³/mol. The molecule has 0 aliphatic carbocycles. The molecule has 1 fully saturated rings. The highest BCUT2D eigenvalue weighted by molar-refractivity contribution is 14.0. The average Bonchev–Trinajstić information content (AvgIpc) is 3.30. The van der Waals surface area contributed by atoms with Gasteiger partial charge < -0.3 is 15.5 Å². The van der Waals surface area contributed by atoms with Gasteiger partial charge >= 0.3 is 0 Å². The average molecular weight is 550 g/mol. The van der Waals surface area contributed by atoms with Gasteiger partial charge in [0.2, 0.25) is 5.91 Å². The van der Waals surface area contributed by atoms with Crippen molar-refractivity contribution in [1.29, 1.82) is 0 Å². The number of rotatable bonds is 9. The number of hydrogen-bond donors (Lipinski definition) is 2. The summed E-state index contributed by atoms with van der Waals surface area (Å²) in [7, 11) is 3.59. The fourth-order valence-corrected chi connectivity index (χ4v) is 3.79. The zero-order valence-electron chi connectivity index (χ0n) is 19.2. The van der Waals surface area contributed by atoms with Gasteiger partial charge in [0, 0.05) is 46.7 Å². The van der Waals surface area contributed by atoms with E-state index in [-0.39, 0.29) is 29.9 Å². The van der Waals surface area contributed by atoms with Crippen LogP contribution < -0.4 is 10.6 Å². The van der Waals surface area contributed by atoms with E-state index in [2.05, 4.69) is 44.8 Å². The van der Waals surface area contributed by atoms with Gasteiger partial charge in [-0.3, -0.25) is 14.7 Å². The van der Waals surface area contributed by atoms with Gasteiger partial charge in [-0.15, -0.1) is 24.0 Å². The number of likely N-dealkylation sites (tertiary alicyclic amines) is 1. The van der Waals surface area contributed by atoms with Gasteiger partial charge in [-0.25, -0.2) is 0 Å². The maximum atomic E-state index is 12.4. The molecule has 2 N–H and O–H groups in total. The van der Waals surface area contributed by atoms with Crippen LogP contribution in [-0.4, -0.2) is 55.4 Å². The molecule has 0 bridgehead atoms. The lowest BCUT2D eigenvalue weighted by Gasteiger charge is -2.18. The van der Waals surface area contributed by atoms with Crippen LogP contribution in [0.1, 0.15) is 36.0 Å². The Hall–Kier alpha value is -2.13. The molecular formula is C25H36IN5O. The van der Waals surface area contributed by atoms with E-state index in [1.165, 1.54) is 37.1 Å². The Morgan fingerprint density at radius 3 is 2.28 bits per heavy atom. The largest absolute Gasteiger partial charge is 0.356 e. The number of halogens is 1. The molecule has 32 heavy (non-hydrogen) atoms. The van der Waals surface area contributed by atoms with Crippen molar-refractivity contribution >= 4 is 35.8 Å². The van der Waals surface area contributed by atoms with E-state index in [9.17, 15) is 4.79 Å². The lowest BCUT2D eigenvalue weighted by molar-refractivity contribution is -0.130. The second-order valence-electron chi connectivity index (χ2n) is 8.14. The summed E-state index contributed by atoms with van der Waals surface area (Å²) in [5.74, 6) is 0.819. The van der Waals surface area contributed by atoms with Crippen molar-refractivity contribution in [2.45, 2.75) is 38.9 Å². The number of benzene rings is 2. The van der Waals surface area contributed by atoms with E-state index in [1.807, 2.05) is 37.4 Å². The number of nitrogens with one attached hydrogen (secondary N) is 2. The van der Waals surface area contributed by atoms with E-state index >= 15 is 0 Å². The Labute approximate surface area is 209 Å². The highest BCUT2D eigenvalue weighted by Gasteiger charge is 2.12. The first-order chi connectivity index (χ1) is 15.1. The summed E-state index contributed by atoms with van der Waals surface area (Å²) in [5, 5.41) is 6.56. The maximum absolute atomic E-state index is 12.4. The van der Waals surface area contributed by atoms with Gasteiger partial charge in [0.15, 0.2) is 5.96 Å². The molecule has 0 saturated carbocycles. The van der Waals surface area contributed by atoms with Crippen LogP contribution >= 0.6 is 24.0 Å². The monoisotopic (exact) mass is 549 g/mol. The van der Waals surface area contributed by atoms with Crippen LogP contribution in [0, 0.1) is 0 Å². The summed E-state index contributed by atoms with van der Waals surface area (Å²) >= 11 is 0. The molecule has 1 heterocycles. The second kappa shape index (κ2) is 14.1. The third-order valence-electron chi connectivity index (χ3n) is 5.63. The van der Waals surface area contributed by atoms with Crippen molar-refractivity contribution in [1.82, 2.24) is 20.4 Å². The van der Waals surface area contributed by atoms with Crippen molar-refractivity contribution in [3.05, 3.63) is 71.3 Å². The van der Waals surface area contributed by atoms with Gasteiger partial charge in [-0.2, -0.15) is 0 Å². The first-order valence-corrected chi connectivity index (χ1v) is 11.2. The quantitative estimate of drug-likeness (QED) is 0.285. The predicted octanol–water partition coefficient (Wildman–Crippen LogP) is 3.61. The molecule has 0 atom stereocenters. The van der Waals surface area contributed by atoms with Crippen LogP contribution in [0.25, 0.3) is 0 Å². The van der Waals surface area contributed by atoms with Crippen LogP contribution in [0.4, 0.5) is 0 Å². The molecule has 0 radical (unpaired) electrons. The molecular weight excluding hydrogens is 513 g/mol. The SMILES string of the molecule is CN=C(NCCC(=O)N(C)Cc1ccccc1)NCc1ccc(CN2CCCC2)cc1.I. The molecule has 7 heteroatoms. The topological polar surface area (TPSA) is 60.0 Å². The lowest BCUT2D eigenvalue weighted by atomic mass is 10.1. The van der Waals surface area contributed by atoms with E-state index in [1.54, 1.807) is 11.9 Å². The highest BCUT2D eigenvalue weighted by atomic mass is 127. The Morgan fingerprint density at radius 1 is 0.969 bits per heavy atom. The molecule has 1 aliphatic rings. The van der Waals surface area contributed by atoms with Crippen molar-refractivity contribution in [2.24, 2.45) is 4.99 Å². The number of aliphatic imine (C=N–C) groups is 1. The van der Waals surface area contributed by atoms with Crippen LogP contribution in [0.5, 0.6) is 0 Å². The minimum Gasteiger partial charge on any atom is -0.356 e. The second-order valence-corrected chi connectivity index (χ2v) is 8.14. The van der Waals surface area contributed by atoms with Crippen LogP contribution in [0.3, 0.4) is 0 Å². The smallest absolute Gasteiger partial charge is 0.224 e. The third kappa shape index (κ3) is 8.78. The van der Waals surface area contributed by atoms with Gasteiger partial charge in [0.05, 0.1) is 0 Å². The lowest BCUT2D eigenvalue weighted by Crippen LogP contribution is -2.39. The number of carbonyl (C=O) groups is 1. The first-order valence-electron chi connectivity index (χ1n) is 11.2. The zero-order valence-corrected chi connectivity index (χ0v) is 21.5. The zero-order chi connectivity index (χ0) is 21.9. The Balaban J connectivity index is 0.00000363.